The predicted octanol–water partition coefficient (Wildman–Crippen LogP) is 6.94. The minimum atomic E-state index is 1.10. The molecular formula is C22H15Br. The molecule has 0 aliphatic heterocycles. The highest BCUT2D eigenvalue weighted by atomic mass is 79.9. The van der Waals surface area contributed by atoms with E-state index in [4.69, 9.17) is 0 Å². The Morgan fingerprint density at radius 2 is 1.09 bits per heavy atom. The molecule has 23 heavy (non-hydrogen) atoms. The molecule has 0 saturated heterocycles. The third kappa shape index (κ3) is 2.69. The molecule has 0 bridgehead atoms. The average molecular weight is 359 g/mol. The predicted molar refractivity (Wildman–Crippen MR) is 103 cm³/mol. The van der Waals surface area contributed by atoms with Gasteiger partial charge in [0, 0.05) is 4.47 Å². The van der Waals surface area contributed by atoms with Crippen LogP contribution < -0.4 is 0 Å². The molecule has 4 aromatic carbocycles. The fourth-order valence-corrected chi connectivity index (χ4v) is 3.32. The second kappa shape index (κ2) is 6.02. The summed E-state index contributed by atoms with van der Waals surface area (Å²) >= 11 is 3.51. The molecular weight excluding hydrogens is 344 g/mol. The molecule has 4 rings (SSSR count). The molecule has 4 aromatic rings. The van der Waals surface area contributed by atoms with E-state index in [1.807, 2.05) is 0 Å². The summed E-state index contributed by atoms with van der Waals surface area (Å²) in [7, 11) is 0. The summed E-state index contributed by atoms with van der Waals surface area (Å²) in [5, 5.41) is 2.56. The van der Waals surface area contributed by atoms with Gasteiger partial charge in [-0.25, -0.2) is 0 Å². The Kier molecular flexibility index (Phi) is 3.72. The van der Waals surface area contributed by atoms with Gasteiger partial charge in [-0.2, -0.15) is 0 Å². The van der Waals surface area contributed by atoms with Crippen LogP contribution in [0.2, 0.25) is 0 Å². The van der Waals surface area contributed by atoms with Crippen molar-refractivity contribution in [1.29, 1.82) is 0 Å². The summed E-state index contributed by atoms with van der Waals surface area (Å²) in [6, 6.07) is 32.2. The SMILES string of the molecule is Brc1ccc(-c2ccccc2-c2cccc3ccccc23)cc1. The largest absolute Gasteiger partial charge is 0.0616 e. The quantitative estimate of drug-likeness (QED) is 0.364. The summed E-state index contributed by atoms with van der Waals surface area (Å²) in [5.74, 6) is 0. The van der Waals surface area contributed by atoms with E-state index in [2.05, 4.69) is 107 Å². The highest BCUT2D eigenvalue weighted by Gasteiger charge is 2.09. The fourth-order valence-electron chi connectivity index (χ4n) is 3.06. The zero-order chi connectivity index (χ0) is 15.6. The van der Waals surface area contributed by atoms with Crippen molar-refractivity contribution in [2.24, 2.45) is 0 Å². The number of rotatable bonds is 2. The van der Waals surface area contributed by atoms with Gasteiger partial charge in [-0.05, 0) is 45.2 Å². The Bertz CT molecular complexity index is 963. The van der Waals surface area contributed by atoms with E-state index < -0.39 is 0 Å². The van der Waals surface area contributed by atoms with Gasteiger partial charge >= 0.3 is 0 Å². The van der Waals surface area contributed by atoms with Crippen molar-refractivity contribution in [3.63, 3.8) is 0 Å². The molecule has 0 saturated carbocycles. The van der Waals surface area contributed by atoms with E-state index in [0.717, 1.165) is 4.47 Å². The average Bonchev–Trinajstić information content (AvgIpc) is 2.62. The van der Waals surface area contributed by atoms with Crippen molar-refractivity contribution < 1.29 is 0 Å². The molecule has 0 radical (unpaired) electrons. The van der Waals surface area contributed by atoms with Crippen LogP contribution in [0, 0.1) is 0 Å². The summed E-state index contributed by atoms with van der Waals surface area (Å²) < 4.78 is 1.10. The smallest absolute Gasteiger partial charge is 0.0175 e. The summed E-state index contributed by atoms with van der Waals surface area (Å²) in [5.41, 5.74) is 5.04. The van der Waals surface area contributed by atoms with E-state index in [1.54, 1.807) is 0 Å². The van der Waals surface area contributed by atoms with Gasteiger partial charge in [0.05, 0.1) is 0 Å². The van der Waals surface area contributed by atoms with E-state index in [0.29, 0.717) is 0 Å². The number of halogens is 1. The molecule has 0 unspecified atom stereocenters. The lowest BCUT2D eigenvalue weighted by atomic mass is 9.91. The maximum absolute atomic E-state index is 3.51. The molecule has 0 fully saturated rings. The minimum Gasteiger partial charge on any atom is -0.0616 e. The van der Waals surface area contributed by atoms with Crippen LogP contribution in [-0.4, -0.2) is 0 Å². The highest BCUT2D eigenvalue weighted by molar-refractivity contribution is 9.10. The third-order valence-electron chi connectivity index (χ3n) is 4.16. The first-order valence-electron chi connectivity index (χ1n) is 7.66. The van der Waals surface area contributed by atoms with Crippen LogP contribution in [0.3, 0.4) is 0 Å². The second-order valence-corrected chi connectivity index (χ2v) is 6.49. The maximum atomic E-state index is 3.51. The first-order chi connectivity index (χ1) is 11.3. The van der Waals surface area contributed by atoms with Gasteiger partial charge in [0.1, 0.15) is 0 Å². The van der Waals surface area contributed by atoms with Crippen molar-refractivity contribution in [2.45, 2.75) is 0 Å². The fraction of sp³-hybridized carbons (Fsp3) is 0. The molecule has 0 nitrogen and oxygen atoms in total. The minimum absolute atomic E-state index is 1.10. The first-order valence-corrected chi connectivity index (χ1v) is 8.45. The summed E-state index contributed by atoms with van der Waals surface area (Å²) in [6.07, 6.45) is 0. The van der Waals surface area contributed by atoms with Crippen molar-refractivity contribution >= 4 is 26.7 Å². The van der Waals surface area contributed by atoms with Crippen molar-refractivity contribution in [2.75, 3.05) is 0 Å². The zero-order valence-corrected chi connectivity index (χ0v) is 14.1. The summed E-state index contributed by atoms with van der Waals surface area (Å²) in [6.45, 7) is 0. The van der Waals surface area contributed by atoms with Crippen LogP contribution in [0.4, 0.5) is 0 Å². The van der Waals surface area contributed by atoms with Crippen LogP contribution in [0.5, 0.6) is 0 Å². The normalized spacial score (nSPS) is 10.8. The molecule has 0 aliphatic carbocycles. The van der Waals surface area contributed by atoms with Crippen LogP contribution in [0.15, 0.2) is 95.5 Å². The number of benzene rings is 4. The van der Waals surface area contributed by atoms with Crippen LogP contribution in [-0.2, 0) is 0 Å². The molecule has 0 N–H and O–H groups in total. The van der Waals surface area contributed by atoms with Crippen LogP contribution in [0.1, 0.15) is 0 Å². The maximum Gasteiger partial charge on any atom is 0.0175 e. The monoisotopic (exact) mass is 358 g/mol. The summed E-state index contributed by atoms with van der Waals surface area (Å²) in [4.78, 5) is 0. The molecule has 0 heterocycles. The van der Waals surface area contributed by atoms with Crippen molar-refractivity contribution in [1.82, 2.24) is 0 Å². The lowest BCUT2D eigenvalue weighted by molar-refractivity contribution is 1.58. The number of hydrogen-bond donors (Lipinski definition) is 0. The molecule has 0 aromatic heterocycles. The molecule has 110 valence electrons. The molecule has 0 aliphatic rings. The molecule has 0 atom stereocenters. The van der Waals surface area contributed by atoms with E-state index >= 15 is 0 Å². The van der Waals surface area contributed by atoms with Gasteiger partial charge in [-0.15, -0.1) is 0 Å². The third-order valence-corrected chi connectivity index (χ3v) is 4.69. The molecule has 0 spiro atoms. The Balaban J connectivity index is 1.97. The number of hydrogen-bond acceptors (Lipinski definition) is 0. The zero-order valence-electron chi connectivity index (χ0n) is 12.5. The van der Waals surface area contributed by atoms with Gasteiger partial charge in [0.25, 0.3) is 0 Å². The Hall–Kier alpha value is -2.38. The van der Waals surface area contributed by atoms with Crippen molar-refractivity contribution in [3.8, 4) is 22.3 Å². The lowest BCUT2D eigenvalue weighted by Crippen LogP contribution is -1.86. The second-order valence-electron chi connectivity index (χ2n) is 5.58. The van der Waals surface area contributed by atoms with Crippen molar-refractivity contribution in [3.05, 3.63) is 95.5 Å². The van der Waals surface area contributed by atoms with E-state index in [1.165, 1.54) is 33.0 Å². The van der Waals surface area contributed by atoms with Gasteiger partial charge in [0.2, 0.25) is 0 Å². The van der Waals surface area contributed by atoms with Crippen LogP contribution >= 0.6 is 15.9 Å². The Morgan fingerprint density at radius 1 is 0.478 bits per heavy atom. The highest BCUT2D eigenvalue weighted by Crippen LogP contribution is 2.36. The number of fused-ring (bicyclic) bond motifs is 1. The van der Waals surface area contributed by atoms with E-state index in [9.17, 15) is 0 Å². The van der Waals surface area contributed by atoms with Crippen LogP contribution in [0.25, 0.3) is 33.0 Å². The van der Waals surface area contributed by atoms with E-state index in [-0.39, 0.29) is 0 Å². The Morgan fingerprint density at radius 3 is 1.91 bits per heavy atom. The van der Waals surface area contributed by atoms with Gasteiger partial charge < -0.3 is 0 Å². The topological polar surface area (TPSA) is 0 Å². The molecule has 1 heteroatoms. The molecule has 0 amide bonds. The Labute approximate surface area is 144 Å². The van der Waals surface area contributed by atoms with Gasteiger partial charge in [-0.3, -0.25) is 0 Å². The van der Waals surface area contributed by atoms with Gasteiger partial charge in [-0.1, -0.05) is 94.8 Å². The standard InChI is InChI=1S/C22H15Br/c23-18-14-12-17(13-15-18)20-9-3-4-10-21(20)22-11-5-7-16-6-1-2-8-19(16)22/h1-15H. The lowest BCUT2D eigenvalue weighted by Gasteiger charge is -2.12. The first kappa shape index (κ1) is 14.2. The van der Waals surface area contributed by atoms with Gasteiger partial charge in [0.15, 0.2) is 0 Å².